The third kappa shape index (κ3) is 3.28. The van der Waals surface area contributed by atoms with E-state index in [9.17, 15) is 18.3 Å². The average molecular weight is 273 g/mol. The summed E-state index contributed by atoms with van der Waals surface area (Å²) in [5.74, 6) is -3.72. The van der Waals surface area contributed by atoms with Crippen LogP contribution in [0.25, 0.3) is 0 Å². The number of rotatable bonds is 3. The van der Waals surface area contributed by atoms with E-state index >= 15 is 0 Å². The van der Waals surface area contributed by atoms with Crippen molar-refractivity contribution < 1.29 is 18.3 Å². The molecule has 1 atom stereocenters. The second-order valence-corrected chi connectivity index (χ2v) is 4.99. The molecule has 1 aromatic carbocycles. The summed E-state index contributed by atoms with van der Waals surface area (Å²) in [6.45, 7) is 0.948. The van der Waals surface area contributed by atoms with Gasteiger partial charge in [0.15, 0.2) is 17.5 Å². The van der Waals surface area contributed by atoms with Crippen molar-refractivity contribution in [1.82, 2.24) is 4.90 Å². The van der Waals surface area contributed by atoms with Crippen molar-refractivity contribution in [2.45, 2.75) is 38.3 Å². The first kappa shape index (κ1) is 14.3. The van der Waals surface area contributed by atoms with Crippen LogP contribution >= 0.6 is 0 Å². The lowest BCUT2D eigenvalue weighted by atomic mass is 10.1. The summed E-state index contributed by atoms with van der Waals surface area (Å²) in [4.78, 5) is 1.95. The summed E-state index contributed by atoms with van der Waals surface area (Å²) in [6, 6.07) is 2.18. The molecule has 0 saturated carbocycles. The smallest absolute Gasteiger partial charge is 0.194 e. The minimum atomic E-state index is -1.42. The number of aliphatic hydroxyl groups is 1. The summed E-state index contributed by atoms with van der Waals surface area (Å²) in [7, 11) is 0. The molecular formula is C14H18F3NO. The van der Waals surface area contributed by atoms with Crippen LogP contribution in [-0.4, -0.2) is 29.2 Å². The van der Waals surface area contributed by atoms with Crippen LogP contribution in [0.15, 0.2) is 12.1 Å². The monoisotopic (exact) mass is 273 g/mol. The lowest BCUT2D eigenvalue weighted by Gasteiger charge is -2.28. The summed E-state index contributed by atoms with van der Waals surface area (Å²) in [5, 5.41) is 9.36. The Bertz CT molecular complexity index is 439. The molecule has 0 aliphatic carbocycles. The maximum Gasteiger partial charge on any atom is 0.194 e. The van der Waals surface area contributed by atoms with Gasteiger partial charge in [0.25, 0.3) is 0 Å². The van der Waals surface area contributed by atoms with Gasteiger partial charge in [0, 0.05) is 18.2 Å². The van der Waals surface area contributed by atoms with Gasteiger partial charge in [-0.15, -0.1) is 0 Å². The predicted octanol–water partition coefficient (Wildman–Crippen LogP) is 2.84. The highest BCUT2D eigenvalue weighted by molar-refractivity contribution is 5.20. The number of hydrogen-bond donors (Lipinski definition) is 1. The quantitative estimate of drug-likeness (QED) is 0.856. The lowest BCUT2D eigenvalue weighted by molar-refractivity contribution is 0.117. The average Bonchev–Trinajstić information content (AvgIpc) is 2.64. The first-order valence-electron chi connectivity index (χ1n) is 6.60. The highest BCUT2D eigenvalue weighted by Crippen LogP contribution is 2.22. The number of aliphatic hydroxyl groups excluding tert-OH is 1. The Morgan fingerprint density at radius 1 is 1.11 bits per heavy atom. The molecule has 1 heterocycles. The van der Waals surface area contributed by atoms with Gasteiger partial charge in [0.2, 0.25) is 0 Å². The molecule has 19 heavy (non-hydrogen) atoms. The van der Waals surface area contributed by atoms with E-state index in [1.165, 1.54) is 6.07 Å². The van der Waals surface area contributed by atoms with Gasteiger partial charge in [-0.3, -0.25) is 4.90 Å². The fraction of sp³-hybridized carbons (Fsp3) is 0.571. The maximum absolute atomic E-state index is 13.6. The molecular weight excluding hydrogens is 255 g/mol. The zero-order valence-corrected chi connectivity index (χ0v) is 10.7. The second-order valence-electron chi connectivity index (χ2n) is 4.99. The van der Waals surface area contributed by atoms with E-state index in [0.717, 1.165) is 38.3 Å². The van der Waals surface area contributed by atoms with Crippen LogP contribution in [0.2, 0.25) is 0 Å². The van der Waals surface area contributed by atoms with Crippen LogP contribution in [0, 0.1) is 17.5 Å². The number of hydrogen-bond acceptors (Lipinski definition) is 2. The maximum atomic E-state index is 13.6. The zero-order valence-electron chi connectivity index (χ0n) is 10.7. The minimum absolute atomic E-state index is 0.00525. The van der Waals surface area contributed by atoms with Crippen molar-refractivity contribution in [2.24, 2.45) is 0 Å². The molecule has 2 rings (SSSR count). The summed E-state index contributed by atoms with van der Waals surface area (Å²) < 4.78 is 39.7. The molecule has 106 valence electrons. The van der Waals surface area contributed by atoms with Gasteiger partial charge in [-0.2, -0.15) is 0 Å². The van der Waals surface area contributed by atoms with Gasteiger partial charge in [0.05, 0.1) is 6.61 Å². The molecule has 1 aliphatic rings. The predicted molar refractivity (Wildman–Crippen MR) is 66.1 cm³/mol. The molecule has 0 amide bonds. The van der Waals surface area contributed by atoms with Crippen molar-refractivity contribution in [3.8, 4) is 0 Å². The van der Waals surface area contributed by atoms with Crippen molar-refractivity contribution in [3.63, 3.8) is 0 Å². The van der Waals surface area contributed by atoms with Crippen LogP contribution in [-0.2, 0) is 6.54 Å². The molecule has 5 heteroatoms. The highest BCUT2D eigenvalue weighted by atomic mass is 19.2. The molecule has 0 unspecified atom stereocenters. The third-order valence-corrected chi connectivity index (χ3v) is 3.70. The third-order valence-electron chi connectivity index (χ3n) is 3.70. The Morgan fingerprint density at radius 2 is 1.89 bits per heavy atom. The fourth-order valence-electron chi connectivity index (χ4n) is 2.56. The van der Waals surface area contributed by atoms with E-state index in [-0.39, 0.29) is 24.8 Å². The number of halogens is 3. The van der Waals surface area contributed by atoms with Crippen LogP contribution < -0.4 is 0 Å². The largest absolute Gasteiger partial charge is 0.395 e. The number of benzene rings is 1. The van der Waals surface area contributed by atoms with Crippen molar-refractivity contribution in [3.05, 3.63) is 35.1 Å². The number of nitrogens with zero attached hydrogens (tertiary/aromatic N) is 1. The van der Waals surface area contributed by atoms with E-state index in [0.29, 0.717) is 0 Å². The Labute approximate surface area is 110 Å². The molecule has 1 aromatic rings. The van der Waals surface area contributed by atoms with E-state index in [4.69, 9.17) is 0 Å². The fourth-order valence-corrected chi connectivity index (χ4v) is 2.56. The van der Waals surface area contributed by atoms with Gasteiger partial charge >= 0.3 is 0 Å². The van der Waals surface area contributed by atoms with E-state index in [1.54, 1.807) is 0 Å². The molecule has 0 spiro atoms. The van der Waals surface area contributed by atoms with Gasteiger partial charge < -0.3 is 5.11 Å². The van der Waals surface area contributed by atoms with Gasteiger partial charge in [-0.05, 0) is 25.5 Å². The van der Waals surface area contributed by atoms with Crippen LogP contribution in [0.4, 0.5) is 13.2 Å². The standard InChI is InChI=1S/C14H18F3NO/c15-12-6-5-10(13(16)14(12)17)8-18-7-3-1-2-4-11(18)9-19/h5-6,11,19H,1-4,7-9H2/t11-/m0/s1. The Morgan fingerprint density at radius 3 is 2.63 bits per heavy atom. The molecule has 1 aliphatic heterocycles. The van der Waals surface area contributed by atoms with Gasteiger partial charge in [-0.1, -0.05) is 18.9 Å². The van der Waals surface area contributed by atoms with E-state index in [2.05, 4.69) is 0 Å². The molecule has 2 nitrogen and oxygen atoms in total. The zero-order chi connectivity index (χ0) is 13.8. The Hall–Kier alpha value is -1.07. The van der Waals surface area contributed by atoms with Crippen LogP contribution in [0.1, 0.15) is 31.2 Å². The minimum Gasteiger partial charge on any atom is -0.395 e. The van der Waals surface area contributed by atoms with E-state index in [1.807, 2.05) is 4.90 Å². The lowest BCUT2D eigenvalue weighted by Crippen LogP contribution is -2.37. The van der Waals surface area contributed by atoms with Gasteiger partial charge in [0.1, 0.15) is 0 Å². The van der Waals surface area contributed by atoms with Crippen molar-refractivity contribution >= 4 is 0 Å². The first-order valence-corrected chi connectivity index (χ1v) is 6.60. The van der Waals surface area contributed by atoms with Crippen LogP contribution in [0.5, 0.6) is 0 Å². The van der Waals surface area contributed by atoms with Crippen molar-refractivity contribution in [2.75, 3.05) is 13.2 Å². The Balaban J connectivity index is 2.16. The molecule has 1 N–H and O–H groups in total. The van der Waals surface area contributed by atoms with Gasteiger partial charge in [-0.25, -0.2) is 13.2 Å². The normalized spacial score (nSPS) is 21.4. The number of likely N-dealkylation sites (tertiary alicyclic amines) is 1. The SMILES string of the molecule is OC[C@@H]1CCCCCN1Cc1ccc(F)c(F)c1F. The topological polar surface area (TPSA) is 23.5 Å². The summed E-state index contributed by atoms with van der Waals surface area (Å²) >= 11 is 0. The Kier molecular flexibility index (Phi) is 4.82. The van der Waals surface area contributed by atoms with Crippen LogP contribution in [0.3, 0.4) is 0 Å². The van der Waals surface area contributed by atoms with E-state index < -0.39 is 17.5 Å². The molecule has 1 fully saturated rings. The molecule has 0 radical (unpaired) electrons. The molecule has 0 bridgehead atoms. The van der Waals surface area contributed by atoms with Crippen molar-refractivity contribution in [1.29, 1.82) is 0 Å². The molecule has 0 aromatic heterocycles. The second kappa shape index (κ2) is 6.39. The summed E-state index contributed by atoms with van der Waals surface area (Å²) in [5.41, 5.74) is 0.138. The first-order chi connectivity index (χ1) is 9.13. The highest BCUT2D eigenvalue weighted by Gasteiger charge is 2.22. The summed E-state index contributed by atoms with van der Waals surface area (Å²) in [6.07, 6.45) is 3.93. The molecule has 1 saturated heterocycles.